The van der Waals surface area contributed by atoms with E-state index >= 15 is 0 Å². The quantitative estimate of drug-likeness (QED) is 0.777. The molecule has 0 spiro atoms. The Labute approximate surface area is 136 Å². The summed E-state index contributed by atoms with van der Waals surface area (Å²) in [5.74, 6) is 0.412. The van der Waals surface area contributed by atoms with Crippen LogP contribution in [0.2, 0.25) is 0 Å². The maximum atomic E-state index is 12.7. The second-order valence-corrected chi connectivity index (χ2v) is 6.92. The summed E-state index contributed by atoms with van der Waals surface area (Å²) in [6.07, 6.45) is 8.34. The van der Waals surface area contributed by atoms with Crippen LogP contribution in [0.15, 0.2) is 30.3 Å². The topological polar surface area (TPSA) is 29.1 Å². The average molecular weight is 352 g/mol. The molecule has 2 nitrogen and oxygen atoms in total. The zero-order valence-electron chi connectivity index (χ0n) is 12.9. The fourth-order valence-electron chi connectivity index (χ4n) is 3.08. The summed E-state index contributed by atoms with van der Waals surface area (Å²) in [5.41, 5.74) is 0.821. The third kappa shape index (κ3) is 4.57. The number of carbonyl (C=O) groups excluding carboxylic acids is 1. The molecule has 0 heterocycles. The van der Waals surface area contributed by atoms with Gasteiger partial charge in [-0.25, -0.2) is 0 Å². The summed E-state index contributed by atoms with van der Waals surface area (Å²) in [6, 6.07) is 10.2. The van der Waals surface area contributed by atoms with Gasteiger partial charge in [-0.15, -0.1) is 0 Å². The van der Waals surface area contributed by atoms with Crippen LogP contribution in [0, 0.1) is 5.92 Å². The summed E-state index contributed by atoms with van der Waals surface area (Å²) in [4.78, 5) is 12.7. The van der Waals surface area contributed by atoms with Gasteiger partial charge < -0.3 is 5.32 Å². The zero-order chi connectivity index (χ0) is 15.1. The molecule has 1 amide bonds. The first-order valence-corrected chi connectivity index (χ1v) is 9.21. The van der Waals surface area contributed by atoms with Crippen molar-refractivity contribution in [3.05, 3.63) is 35.9 Å². The molecule has 0 bridgehead atoms. The standard InChI is InChI=1S/C18H26BrNO/c1-18(14-19,16-12-8-5-9-13-16)20-17(21)15-10-6-3-2-4-7-11-15/h5,8-9,12-13,15H,2-4,6-7,10-11,14H2,1H3,(H,20,21). The van der Waals surface area contributed by atoms with E-state index in [9.17, 15) is 4.79 Å². The van der Waals surface area contributed by atoms with Gasteiger partial charge in [0.2, 0.25) is 5.91 Å². The summed E-state index contributed by atoms with van der Waals surface area (Å²) in [6.45, 7) is 2.10. The highest BCUT2D eigenvalue weighted by atomic mass is 79.9. The maximum Gasteiger partial charge on any atom is 0.223 e. The first-order valence-electron chi connectivity index (χ1n) is 8.09. The minimum Gasteiger partial charge on any atom is -0.346 e. The van der Waals surface area contributed by atoms with Crippen molar-refractivity contribution in [3.8, 4) is 0 Å². The maximum absolute atomic E-state index is 12.7. The van der Waals surface area contributed by atoms with Crippen LogP contribution < -0.4 is 5.32 Å². The van der Waals surface area contributed by atoms with Gasteiger partial charge >= 0.3 is 0 Å². The van der Waals surface area contributed by atoms with E-state index < -0.39 is 0 Å². The van der Waals surface area contributed by atoms with E-state index in [-0.39, 0.29) is 17.4 Å². The molecule has 1 aliphatic carbocycles. The first-order chi connectivity index (χ1) is 10.2. The number of hydrogen-bond acceptors (Lipinski definition) is 1. The molecule has 0 radical (unpaired) electrons. The molecular weight excluding hydrogens is 326 g/mol. The number of nitrogens with one attached hydrogen (secondary N) is 1. The van der Waals surface area contributed by atoms with Gasteiger partial charge in [0.15, 0.2) is 0 Å². The Morgan fingerprint density at radius 3 is 2.29 bits per heavy atom. The summed E-state index contributed by atoms with van der Waals surface area (Å²) in [7, 11) is 0. The number of amides is 1. The van der Waals surface area contributed by atoms with Crippen LogP contribution in [0.1, 0.15) is 57.4 Å². The molecule has 1 N–H and O–H groups in total. The molecule has 1 aromatic carbocycles. The molecule has 3 heteroatoms. The number of rotatable bonds is 4. The second kappa shape index (κ2) is 7.98. The number of alkyl halides is 1. The molecule has 1 aliphatic rings. The Bertz CT molecular complexity index is 440. The fourth-order valence-corrected chi connectivity index (χ4v) is 3.54. The smallest absolute Gasteiger partial charge is 0.223 e. The van der Waals surface area contributed by atoms with Crippen molar-refractivity contribution < 1.29 is 4.79 Å². The van der Waals surface area contributed by atoms with Crippen LogP contribution >= 0.6 is 15.9 Å². The number of carbonyl (C=O) groups is 1. The van der Waals surface area contributed by atoms with E-state index in [2.05, 4.69) is 40.3 Å². The molecule has 2 rings (SSSR count). The van der Waals surface area contributed by atoms with Crippen molar-refractivity contribution >= 4 is 21.8 Å². The largest absolute Gasteiger partial charge is 0.346 e. The normalized spacial score (nSPS) is 20.1. The summed E-state index contributed by atoms with van der Waals surface area (Å²) < 4.78 is 0. The van der Waals surface area contributed by atoms with Gasteiger partial charge in [0, 0.05) is 11.2 Å². The van der Waals surface area contributed by atoms with Crippen LogP contribution in [-0.2, 0) is 10.3 Å². The van der Waals surface area contributed by atoms with Crippen molar-refractivity contribution in [2.75, 3.05) is 5.33 Å². The van der Waals surface area contributed by atoms with Gasteiger partial charge in [-0.05, 0) is 25.3 Å². The second-order valence-electron chi connectivity index (χ2n) is 6.36. The van der Waals surface area contributed by atoms with Gasteiger partial charge in [0.1, 0.15) is 0 Å². The molecule has 1 aromatic rings. The van der Waals surface area contributed by atoms with E-state index in [4.69, 9.17) is 0 Å². The number of hydrogen-bond donors (Lipinski definition) is 1. The Hall–Kier alpha value is -0.830. The molecule has 116 valence electrons. The van der Waals surface area contributed by atoms with Crippen LogP contribution in [0.5, 0.6) is 0 Å². The lowest BCUT2D eigenvalue weighted by Crippen LogP contribution is -2.47. The van der Waals surface area contributed by atoms with Crippen LogP contribution in [-0.4, -0.2) is 11.2 Å². The molecule has 21 heavy (non-hydrogen) atoms. The monoisotopic (exact) mass is 351 g/mol. The van der Waals surface area contributed by atoms with Crippen LogP contribution in [0.4, 0.5) is 0 Å². The molecule has 1 fully saturated rings. The van der Waals surface area contributed by atoms with E-state index in [0.29, 0.717) is 0 Å². The van der Waals surface area contributed by atoms with Crippen molar-refractivity contribution in [1.82, 2.24) is 5.32 Å². The molecule has 0 aromatic heterocycles. The Morgan fingerprint density at radius 1 is 1.14 bits per heavy atom. The Morgan fingerprint density at radius 2 is 1.71 bits per heavy atom. The highest BCUT2D eigenvalue weighted by Gasteiger charge is 2.30. The van der Waals surface area contributed by atoms with E-state index in [0.717, 1.165) is 23.7 Å². The summed E-state index contributed by atoms with van der Waals surface area (Å²) in [5, 5.41) is 4.02. The lowest BCUT2D eigenvalue weighted by molar-refractivity contribution is -0.127. The van der Waals surface area contributed by atoms with Crippen molar-refractivity contribution in [2.45, 2.75) is 57.4 Å². The molecule has 0 aliphatic heterocycles. The van der Waals surface area contributed by atoms with E-state index in [1.54, 1.807) is 0 Å². The van der Waals surface area contributed by atoms with Crippen molar-refractivity contribution in [1.29, 1.82) is 0 Å². The number of halogens is 1. The SMILES string of the molecule is CC(CBr)(NC(=O)C1CCCCCCC1)c1ccccc1. The minimum atomic E-state index is -0.333. The zero-order valence-corrected chi connectivity index (χ0v) is 14.5. The highest BCUT2D eigenvalue weighted by Crippen LogP contribution is 2.27. The lowest BCUT2D eigenvalue weighted by atomic mass is 9.88. The van der Waals surface area contributed by atoms with Gasteiger partial charge in [-0.2, -0.15) is 0 Å². The van der Waals surface area contributed by atoms with Gasteiger partial charge in [0.05, 0.1) is 5.54 Å². The van der Waals surface area contributed by atoms with E-state index in [1.165, 1.54) is 32.1 Å². The third-order valence-electron chi connectivity index (χ3n) is 4.55. The predicted octanol–water partition coefficient (Wildman–Crippen LogP) is 4.77. The minimum absolute atomic E-state index is 0.187. The number of benzene rings is 1. The molecule has 0 saturated heterocycles. The lowest BCUT2D eigenvalue weighted by Gasteiger charge is -2.32. The fraction of sp³-hybridized carbons (Fsp3) is 0.611. The first kappa shape index (κ1) is 16.5. The molecule has 1 unspecified atom stereocenters. The Balaban J connectivity index is 2.04. The average Bonchev–Trinajstić information content (AvgIpc) is 2.47. The molecule has 1 saturated carbocycles. The van der Waals surface area contributed by atoms with Gasteiger partial charge in [-0.1, -0.05) is 78.4 Å². The van der Waals surface area contributed by atoms with Crippen LogP contribution in [0.25, 0.3) is 0 Å². The predicted molar refractivity (Wildman–Crippen MR) is 91.5 cm³/mol. The van der Waals surface area contributed by atoms with Gasteiger partial charge in [-0.3, -0.25) is 4.79 Å². The molecular formula is C18H26BrNO. The van der Waals surface area contributed by atoms with Gasteiger partial charge in [0.25, 0.3) is 0 Å². The third-order valence-corrected chi connectivity index (χ3v) is 5.67. The van der Waals surface area contributed by atoms with Crippen LogP contribution in [0.3, 0.4) is 0 Å². The van der Waals surface area contributed by atoms with E-state index in [1.807, 2.05) is 18.2 Å². The summed E-state index contributed by atoms with van der Waals surface area (Å²) >= 11 is 3.57. The Kier molecular flexibility index (Phi) is 6.28. The van der Waals surface area contributed by atoms with Crippen molar-refractivity contribution in [2.24, 2.45) is 5.92 Å². The highest BCUT2D eigenvalue weighted by molar-refractivity contribution is 9.09. The molecule has 1 atom stereocenters. The van der Waals surface area contributed by atoms with Crippen molar-refractivity contribution in [3.63, 3.8) is 0 Å².